The molecule has 0 bridgehead atoms. The zero-order valence-electron chi connectivity index (χ0n) is 13.9. The van der Waals surface area contributed by atoms with E-state index in [9.17, 15) is 5.11 Å². The van der Waals surface area contributed by atoms with Gasteiger partial charge in [0.25, 0.3) is 0 Å². The summed E-state index contributed by atoms with van der Waals surface area (Å²) in [5.41, 5.74) is 1.65. The maximum Gasteiger partial charge on any atom is 0.135 e. The number of phenolic OH excluding ortho intramolecular Hbond substituents is 1. The monoisotopic (exact) mass is 419 g/mol. The number of aromatic hydroxyl groups is 1. The molecule has 0 spiro atoms. The van der Waals surface area contributed by atoms with Crippen molar-refractivity contribution in [3.8, 4) is 23.3 Å². The SMILES string of the molecule is COc1ccc(C#CC(c2cc(Cl)cc(Br)c2O)N2CCCC2)cc1. The Morgan fingerprint density at radius 2 is 1.88 bits per heavy atom. The van der Waals surface area contributed by atoms with Crippen LogP contribution in [0.1, 0.15) is 30.0 Å². The fourth-order valence-corrected chi connectivity index (χ4v) is 3.82. The Hall–Kier alpha value is -1.67. The number of likely N-dealkylation sites (tertiary alicyclic amines) is 1. The minimum absolute atomic E-state index is 0.195. The van der Waals surface area contributed by atoms with Crippen LogP contribution in [0, 0.1) is 11.8 Å². The predicted molar refractivity (Wildman–Crippen MR) is 104 cm³/mol. The molecule has 2 aromatic carbocycles. The van der Waals surface area contributed by atoms with E-state index in [1.165, 1.54) is 0 Å². The van der Waals surface area contributed by atoms with Crippen LogP contribution in [-0.2, 0) is 0 Å². The van der Waals surface area contributed by atoms with Gasteiger partial charge in [-0.3, -0.25) is 4.90 Å². The number of benzene rings is 2. The van der Waals surface area contributed by atoms with E-state index in [1.807, 2.05) is 24.3 Å². The van der Waals surface area contributed by atoms with Gasteiger partial charge in [0, 0.05) is 16.1 Å². The lowest BCUT2D eigenvalue weighted by Gasteiger charge is -2.24. The minimum Gasteiger partial charge on any atom is -0.506 e. The van der Waals surface area contributed by atoms with Crippen LogP contribution in [-0.4, -0.2) is 30.2 Å². The number of phenols is 1. The zero-order valence-corrected chi connectivity index (χ0v) is 16.3. The molecule has 0 amide bonds. The van der Waals surface area contributed by atoms with Crippen LogP contribution in [0.3, 0.4) is 0 Å². The Balaban J connectivity index is 1.97. The first kappa shape index (κ1) is 18.1. The lowest BCUT2D eigenvalue weighted by molar-refractivity contribution is 0.290. The molecular formula is C20H19BrClNO2. The van der Waals surface area contributed by atoms with E-state index in [4.69, 9.17) is 16.3 Å². The normalized spacial score (nSPS) is 15.5. The topological polar surface area (TPSA) is 32.7 Å². The van der Waals surface area contributed by atoms with Crippen LogP contribution in [0.2, 0.25) is 5.02 Å². The highest BCUT2D eigenvalue weighted by Gasteiger charge is 2.25. The van der Waals surface area contributed by atoms with Crippen molar-refractivity contribution in [1.29, 1.82) is 0 Å². The van der Waals surface area contributed by atoms with E-state index in [-0.39, 0.29) is 11.8 Å². The van der Waals surface area contributed by atoms with Crippen LogP contribution < -0.4 is 4.74 Å². The van der Waals surface area contributed by atoms with Gasteiger partial charge in [-0.15, -0.1) is 0 Å². The summed E-state index contributed by atoms with van der Waals surface area (Å²) < 4.78 is 5.77. The third-order valence-electron chi connectivity index (χ3n) is 4.30. The molecule has 5 heteroatoms. The smallest absolute Gasteiger partial charge is 0.135 e. The molecule has 0 radical (unpaired) electrons. The highest BCUT2D eigenvalue weighted by atomic mass is 79.9. The molecule has 130 valence electrons. The summed E-state index contributed by atoms with van der Waals surface area (Å²) in [5.74, 6) is 7.55. The molecule has 3 rings (SSSR count). The summed E-state index contributed by atoms with van der Waals surface area (Å²) in [6.07, 6.45) is 2.28. The molecule has 1 aliphatic rings. The molecule has 25 heavy (non-hydrogen) atoms. The molecule has 2 aromatic rings. The Morgan fingerprint density at radius 1 is 1.20 bits per heavy atom. The summed E-state index contributed by atoms with van der Waals surface area (Å²) >= 11 is 9.57. The second-order valence-electron chi connectivity index (χ2n) is 5.97. The average Bonchev–Trinajstić information content (AvgIpc) is 3.14. The summed E-state index contributed by atoms with van der Waals surface area (Å²) in [4.78, 5) is 2.29. The number of hydrogen-bond acceptors (Lipinski definition) is 3. The molecule has 3 nitrogen and oxygen atoms in total. The van der Waals surface area contributed by atoms with Crippen molar-refractivity contribution in [2.45, 2.75) is 18.9 Å². The van der Waals surface area contributed by atoms with Crippen LogP contribution in [0.4, 0.5) is 0 Å². The van der Waals surface area contributed by atoms with E-state index in [0.29, 0.717) is 9.50 Å². The second kappa shape index (κ2) is 8.14. The summed E-state index contributed by atoms with van der Waals surface area (Å²) in [6, 6.07) is 10.9. The average molecular weight is 421 g/mol. The summed E-state index contributed by atoms with van der Waals surface area (Å²) in [5, 5.41) is 11.1. The van der Waals surface area contributed by atoms with Crippen LogP contribution in [0.15, 0.2) is 40.9 Å². The van der Waals surface area contributed by atoms with Crippen molar-refractivity contribution in [3.05, 3.63) is 57.0 Å². The quantitative estimate of drug-likeness (QED) is 0.709. The molecule has 0 aromatic heterocycles. The number of hydrogen-bond donors (Lipinski definition) is 1. The summed E-state index contributed by atoms with van der Waals surface area (Å²) in [6.45, 7) is 1.93. The molecule has 0 aliphatic carbocycles. The number of rotatable bonds is 3. The third kappa shape index (κ3) is 4.30. The maximum atomic E-state index is 10.5. The largest absolute Gasteiger partial charge is 0.506 e. The molecule has 1 fully saturated rings. The van der Waals surface area contributed by atoms with E-state index < -0.39 is 0 Å². The Bertz CT molecular complexity index is 805. The van der Waals surface area contributed by atoms with Crippen molar-refractivity contribution < 1.29 is 9.84 Å². The van der Waals surface area contributed by atoms with Crippen LogP contribution >= 0.6 is 27.5 Å². The maximum absolute atomic E-state index is 10.5. The lowest BCUT2D eigenvalue weighted by Crippen LogP contribution is -2.24. The van der Waals surface area contributed by atoms with Gasteiger partial charge < -0.3 is 9.84 Å². The molecule has 1 unspecified atom stereocenters. The van der Waals surface area contributed by atoms with E-state index in [0.717, 1.165) is 42.8 Å². The highest BCUT2D eigenvalue weighted by molar-refractivity contribution is 9.10. The molecule has 1 N–H and O–H groups in total. The second-order valence-corrected chi connectivity index (χ2v) is 7.26. The summed E-state index contributed by atoms with van der Waals surface area (Å²) in [7, 11) is 1.64. The molecule has 1 saturated heterocycles. The Labute approximate surface area is 161 Å². The van der Waals surface area contributed by atoms with Gasteiger partial charge in [0.1, 0.15) is 17.5 Å². The molecule has 1 heterocycles. The third-order valence-corrected chi connectivity index (χ3v) is 5.12. The van der Waals surface area contributed by atoms with Crippen molar-refractivity contribution >= 4 is 27.5 Å². The lowest BCUT2D eigenvalue weighted by atomic mass is 10.0. The number of ether oxygens (including phenoxy) is 1. The number of methoxy groups -OCH3 is 1. The van der Waals surface area contributed by atoms with Gasteiger partial charge in [0.05, 0.1) is 11.6 Å². The van der Waals surface area contributed by atoms with Crippen molar-refractivity contribution in [2.75, 3.05) is 20.2 Å². The Kier molecular flexibility index (Phi) is 5.90. The molecule has 1 aliphatic heterocycles. The van der Waals surface area contributed by atoms with Crippen molar-refractivity contribution in [3.63, 3.8) is 0 Å². The van der Waals surface area contributed by atoms with Gasteiger partial charge in [-0.05, 0) is 78.3 Å². The van der Waals surface area contributed by atoms with Gasteiger partial charge in [0.2, 0.25) is 0 Å². The van der Waals surface area contributed by atoms with E-state index in [2.05, 4.69) is 32.7 Å². The van der Waals surface area contributed by atoms with Gasteiger partial charge >= 0.3 is 0 Å². The van der Waals surface area contributed by atoms with Gasteiger partial charge in [-0.1, -0.05) is 23.4 Å². The van der Waals surface area contributed by atoms with Crippen LogP contribution in [0.25, 0.3) is 0 Å². The predicted octanol–water partition coefficient (Wildman–Crippen LogP) is 5.01. The van der Waals surface area contributed by atoms with E-state index >= 15 is 0 Å². The number of nitrogens with zero attached hydrogens (tertiary/aromatic N) is 1. The highest BCUT2D eigenvalue weighted by Crippen LogP contribution is 2.38. The van der Waals surface area contributed by atoms with Crippen LogP contribution in [0.5, 0.6) is 11.5 Å². The number of halogens is 2. The first-order valence-electron chi connectivity index (χ1n) is 8.16. The molecule has 1 atom stereocenters. The van der Waals surface area contributed by atoms with E-state index in [1.54, 1.807) is 19.2 Å². The first-order valence-corrected chi connectivity index (χ1v) is 9.33. The first-order chi connectivity index (χ1) is 12.1. The van der Waals surface area contributed by atoms with Gasteiger partial charge in [-0.2, -0.15) is 0 Å². The minimum atomic E-state index is -0.195. The standard InChI is InChI=1S/C20H19BrClNO2/c1-25-16-7-4-14(5-8-16)6-9-19(23-10-2-3-11-23)17-12-15(22)13-18(21)20(17)24/h4-5,7-8,12-13,19,24H,2-3,10-11H2,1H3. The molecule has 0 saturated carbocycles. The van der Waals surface area contributed by atoms with Crippen molar-refractivity contribution in [2.24, 2.45) is 0 Å². The fourth-order valence-electron chi connectivity index (χ4n) is 2.99. The van der Waals surface area contributed by atoms with Gasteiger partial charge in [-0.25, -0.2) is 0 Å². The van der Waals surface area contributed by atoms with Gasteiger partial charge in [0.15, 0.2) is 0 Å². The Morgan fingerprint density at radius 3 is 2.52 bits per heavy atom. The zero-order chi connectivity index (χ0) is 17.8. The van der Waals surface area contributed by atoms with Crippen molar-refractivity contribution in [1.82, 2.24) is 4.90 Å². The molecular weight excluding hydrogens is 402 g/mol. The fraction of sp³-hybridized carbons (Fsp3) is 0.300.